The summed E-state index contributed by atoms with van der Waals surface area (Å²) in [6.45, 7) is 14.2. The van der Waals surface area contributed by atoms with Gasteiger partial charge in [0.25, 0.3) is 5.91 Å². The smallest absolute Gasteiger partial charge is 0.253 e. The van der Waals surface area contributed by atoms with Crippen molar-refractivity contribution in [2.45, 2.75) is 59.3 Å². The molecule has 2 aromatic rings. The van der Waals surface area contributed by atoms with Crippen molar-refractivity contribution in [1.82, 2.24) is 14.8 Å². The highest BCUT2D eigenvalue weighted by molar-refractivity contribution is 5.95. The van der Waals surface area contributed by atoms with Gasteiger partial charge in [0.1, 0.15) is 0 Å². The Labute approximate surface area is 175 Å². The third kappa shape index (κ3) is 5.28. The molecule has 1 aliphatic rings. The summed E-state index contributed by atoms with van der Waals surface area (Å²) in [5.74, 6) is 0.0216. The van der Waals surface area contributed by atoms with E-state index in [1.54, 1.807) is 0 Å². The number of amides is 1. The number of carbonyl (C=O) groups is 1. The maximum absolute atomic E-state index is 12.8. The summed E-state index contributed by atoms with van der Waals surface area (Å²) in [7, 11) is 0. The fourth-order valence-corrected chi connectivity index (χ4v) is 4.55. The van der Waals surface area contributed by atoms with Gasteiger partial charge in [-0.2, -0.15) is 0 Å². The lowest BCUT2D eigenvalue weighted by molar-refractivity contribution is -0.0679. The molecule has 1 saturated heterocycles. The minimum Gasteiger partial charge on any atom is -0.373 e. The first kappa shape index (κ1) is 21.6. The predicted octanol–water partition coefficient (Wildman–Crippen LogP) is 3.94. The average molecular weight is 398 g/mol. The Hall–Kier alpha value is -2.11. The molecule has 1 aromatic carbocycles. The summed E-state index contributed by atoms with van der Waals surface area (Å²) in [6, 6.07) is 12.6. The zero-order chi connectivity index (χ0) is 21.0. The van der Waals surface area contributed by atoms with Gasteiger partial charge in [-0.25, -0.2) is 0 Å². The summed E-state index contributed by atoms with van der Waals surface area (Å²) in [6.07, 6.45) is 1.51. The van der Waals surface area contributed by atoms with Crippen LogP contribution in [0.15, 0.2) is 36.4 Å². The fourth-order valence-electron chi connectivity index (χ4n) is 4.55. The number of nitrogens with zero attached hydrogens (tertiary/aromatic N) is 2. The van der Waals surface area contributed by atoms with Crippen LogP contribution < -0.4 is 5.32 Å². The largest absolute Gasteiger partial charge is 0.373 e. The van der Waals surface area contributed by atoms with Gasteiger partial charge in [-0.05, 0) is 52.7 Å². The van der Waals surface area contributed by atoms with Gasteiger partial charge in [-0.15, -0.1) is 0 Å². The average Bonchev–Trinajstić information content (AvgIpc) is 2.98. The van der Waals surface area contributed by atoms with E-state index >= 15 is 0 Å². The van der Waals surface area contributed by atoms with Crippen molar-refractivity contribution in [3.63, 3.8) is 0 Å². The molecule has 5 heteroatoms. The quantitative estimate of drug-likeness (QED) is 0.720. The molecule has 0 radical (unpaired) electrons. The first-order valence-corrected chi connectivity index (χ1v) is 10.8. The Morgan fingerprint density at radius 2 is 1.83 bits per heavy atom. The van der Waals surface area contributed by atoms with Crippen LogP contribution >= 0.6 is 0 Å². The predicted molar refractivity (Wildman–Crippen MR) is 118 cm³/mol. The number of aryl methyl sites for hydroxylation is 1. The molecule has 1 fully saturated rings. The van der Waals surface area contributed by atoms with Crippen LogP contribution in [0.1, 0.15) is 60.5 Å². The Bertz CT molecular complexity index is 805. The van der Waals surface area contributed by atoms with E-state index in [1.807, 2.05) is 19.1 Å². The minimum absolute atomic E-state index is 0.0216. The number of hydrogen-bond acceptors (Lipinski definition) is 3. The number of nitrogens with one attached hydrogen (secondary N) is 1. The molecule has 29 heavy (non-hydrogen) atoms. The maximum atomic E-state index is 12.8. The number of morpholine rings is 1. The van der Waals surface area contributed by atoms with Gasteiger partial charge in [0.05, 0.1) is 23.8 Å². The van der Waals surface area contributed by atoms with Crippen LogP contribution in [0, 0.1) is 13.8 Å². The maximum Gasteiger partial charge on any atom is 0.253 e. The van der Waals surface area contributed by atoms with Crippen LogP contribution in [0.4, 0.5) is 0 Å². The molecule has 1 aliphatic heterocycles. The van der Waals surface area contributed by atoms with Gasteiger partial charge in [0.15, 0.2) is 0 Å². The molecule has 3 atom stereocenters. The molecular formula is C24H35N3O2. The zero-order valence-electron chi connectivity index (χ0n) is 18.4. The molecule has 5 nitrogen and oxygen atoms in total. The number of aromatic nitrogens is 1. The van der Waals surface area contributed by atoms with Crippen LogP contribution in [0.25, 0.3) is 0 Å². The van der Waals surface area contributed by atoms with Crippen LogP contribution in [-0.4, -0.2) is 53.8 Å². The van der Waals surface area contributed by atoms with Gasteiger partial charge in [-0.1, -0.05) is 30.3 Å². The van der Waals surface area contributed by atoms with E-state index in [0.29, 0.717) is 6.54 Å². The Morgan fingerprint density at radius 1 is 1.17 bits per heavy atom. The summed E-state index contributed by atoms with van der Waals surface area (Å²) in [5.41, 5.74) is 4.15. The third-order valence-electron chi connectivity index (χ3n) is 5.83. The van der Waals surface area contributed by atoms with E-state index in [0.717, 1.165) is 43.0 Å². The summed E-state index contributed by atoms with van der Waals surface area (Å²) < 4.78 is 8.03. The molecule has 0 bridgehead atoms. The normalized spacial score (nSPS) is 21.1. The molecule has 3 unspecified atom stereocenters. The number of hydrogen-bond donors (Lipinski definition) is 1. The van der Waals surface area contributed by atoms with Crippen molar-refractivity contribution >= 4 is 5.91 Å². The van der Waals surface area contributed by atoms with Crippen LogP contribution in [0.3, 0.4) is 0 Å². The number of benzene rings is 1. The van der Waals surface area contributed by atoms with E-state index in [2.05, 4.69) is 66.7 Å². The van der Waals surface area contributed by atoms with Crippen molar-refractivity contribution < 1.29 is 9.53 Å². The summed E-state index contributed by atoms with van der Waals surface area (Å²) in [5, 5.41) is 3.11. The second-order valence-electron chi connectivity index (χ2n) is 8.37. The topological polar surface area (TPSA) is 46.5 Å². The lowest BCUT2D eigenvalue weighted by Gasteiger charge is -2.35. The molecule has 3 rings (SSSR count). The first-order valence-electron chi connectivity index (χ1n) is 10.8. The molecule has 2 heterocycles. The summed E-state index contributed by atoms with van der Waals surface area (Å²) >= 11 is 0. The lowest BCUT2D eigenvalue weighted by Crippen LogP contribution is -2.46. The highest BCUT2D eigenvalue weighted by Crippen LogP contribution is 2.25. The minimum atomic E-state index is 0.0216. The molecule has 1 amide bonds. The molecule has 1 aromatic heterocycles. The van der Waals surface area contributed by atoms with Gasteiger partial charge in [0, 0.05) is 37.6 Å². The van der Waals surface area contributed by atoms with Crippen molar-refractivity contribution in [3.8, 4) is 0 Å². The Morgan fingerprint density at radius 3 is 2.48 bits per heavy atom. The van der Waals surface area contributed by atoms with E-state index in [9.17, 15) is 4.79 Å². The van der Waals surface area contributed by atoms with Gasteiger partial charge < -0.3 is 14.6 Å². The highest BCUT2D eigenvalue weighted by Gasteiger charge is 2.22. The number of ether oxygens (including phenoxy) is 1. The first-order chi connectivity index (χ1) is 13.9. The van der Waals surface area contributed by atoms with Crippen LogP contribution in [-0.2, 0) is 4.74 Å². The van der Waals surface area contributed by atoms with Gasteiger partial charge in [-0.3, -0.25) is 9.69 Å². The van der Waals surface area contributed by atoms with Crippen LogP contribution in [0.5, 0.6) is 0 Å². The molecule has 0 spiro atoms. The molecule has 1 N–H and O–H groups in total. The Kier molecular flexibility index (Phi) is 7.14. The molecular weight excluding hydrogens is 362 g/mol. The Balaban J connectivity index is 1.56. The SMILES string of the molecule is Cc1cc(C(=O)NCCCN2CC(C)OC(C)C2)c(C)n1C(C)c1ccccc1. The number of carbonyl (C=O) groups excluding carboxylic acids is 1. The van der Waals surface area contributed by atoms with Gasteiger partial charge in [0.2, 0.25) is 0 Å². The zero-order valence-corrected chi connectivity index (χ0v) is 18.4. The van der Waals surface area contributed by atoms with E-state index in [4.69, 9.17) is 4.74 Å². The second-order valence-corrected chi connectivity index (χ2v) is 8.37. The fraction of sp³-hybridized carbons (Fsp3) is 0.542. The monoisotopic (exact) mass is 397 g/mol. The van der Waals surface area contributed by atoms with Gasteiger partial charge >= 0.3 is 0 Å². The van der Waals surface area contributed by atoms with Crippen LogP contribution in [0.2, 0.25) is 0 Å². The molecule has 0 aliphatic carbocycles. The van der Waals surface area contributed by atoms with Crippen molar-refractivity contribution in [2.75, 3.05) is 26.2 Å². The van der Waals surface area contributed by atoms with E-state index in [-0.39, 0.29) is 24.2 Å². The van der Waals surface area contributed by atoms with E-state index < -0.39 is 0 Å². The lowest BCUT2D eigenvalue weighted by atomic mass is 10.1. The molecule has 0 saturated carbocycles. The van der Waals surface area contributed by atoms with Crippen molar-refractivity contribution in [3.05, 3.63) is 58.9 Å². The standard InChI is InChI=1S/C24H35N3O2/c1-17-14-23(21(5)27(17)20(4)22-10-7-6-8-11-22)24(28)25-12-9-13-26-15-18(2)29-19(3)16-26/h6-8,10-11,14,18-20H,9,12-13,15-16H2,1-5H3,(H,25,28). The summed E-state index contributed by atoms with van der Waals surface area (Å²) in [4.78, 5) is 15.2. The molecule has 158 valence electrons. The van der Waals surface area contributed by atoms with Crippen molar-refractivity contribution in [1.29, 1.82) is 0 Å². The third-order valence-corrected chi connectivity index (χ3v) is 5.83. The second kappa shape index (κ2) is 9.59. The van der Waals surface area contributed by atoms with Crippen molar-refractivity contribution in [2.24, 2.45) is 0 Å². The number of rotatable bonds is 7. The van der Waals surface area contributed by atoms with E-state index in [1.165, 1.54) is 5.56 Å². The highest BCUT2D eigenvalue weighted by atomic mass is 16.5.